The molecule has 0 bridgehead atoms. The first kappa shape index (κ1) is 34.1. The summed E-state index contributed by atoms with van der Waals surface area (Å²) in [6.45, 7) is -1.49. The Kier molecular flexibility index (Phi) is 11.5. The molecule has 3 heterocycles. The van der Waals surface area contributed by atoms with Crippen LogP contribution in [0.2, 0.25) is 0 Å². The Labute approximate surface area is 240 Å². The van der Waals surface area contributed by atoms with Crippen molar-refractivity contribution in [2.45, 2.75) is 123 Å². The molecule has 0 aromatic carbocycles. The maximum atomic E-state index is 11.1. The van der Waals surface area contributed by atoms with E-state index in [4.69, 9.17) is 57.1 Å². The molecule has 19 atom stereocenters. The summed E-state index contributed by atoms with van der Waals surface area (Å²) in [7, 11) is 0. The van der Waals surface area contributed by atoms with Gasteiger partial charge in [-0.25, -0.2) is 0 Å². The van der Waals surface area contributed by atoms with E-state index in [2.05, 4.69) is 0 Å². The lowest BCUT2D eigenvalue weighted by Gasteiger charge is -2.47. The molecule has 18 N–H and O–H groups in total. The molecule has 246 valence electrons. The van der Waals surface area contributed by atoms with Crippen LogP contribution in [0.4, 0.5) is 0 Å². The van der Waals surface area contributed by atoms with E-state index < -0.39 is 129 Å². The fourth-order valence-electron chi connectivity index (χ4n) is 5.70. The molecule has 2 unspecified atom stereocenters. The summed E-state index contributed by atoms with van der Waals surface area (Å²) in [5, 5.41) is 82.3. The van der Waals surface area contributed by atoms with Gasteiger partial charge in [0.15, 0.2) is 18.9 Å². The first-order chi connectivity index (χ1) is 19.8. The standard InChI is InChI=1S/C23H45N5O14/c24-2-7-13(32)15(34)10(27)21(37-7)41-19-9(4-30)39-23(17(19)36)42-20-12(31)5(25)1-6(26)18(20)40-22-11(28)16(35)14(33)8(3-29)38-22/h5-23,29-36H,1-4,24-28H2/t5-,6+,7+,8-,9-,10-,11-,12+,13-,14-,15-,16-,17-,18?,19+,20-,21?,22-,23+/m1/s1. The Bertz CT molecular complexity index is 866. The van der Waals surface area contributed by atoms with Gasteiger partial charge in [0.25, 0.3) is 0 Å². The van der Waals surface area contributed by atoms with Gasteiger partial charge >= 0.3 is 0 Å². The molecule has 4 rings (SSSR count). The average molecular weight is 616 g/mol. The Balaban J connectivity index is 1.50. The van der Waals surface area contributed by atoms with Crippen LogP contribution < -0.4 is 28.7 Å². The van der Waals surface area contributed by atoms with E-state index in [-0.39, 0.29) is 13.0 Å². The van der Waals surface area contributed by atoms with E-state index in [1.807, 2.05) is 0 Å². The SMILES string of the molecule is NC[C@@H]1OC(O[C@@H]2[C@@H](O)[C@H](O[C@H]3C(O[C@H]4O[C@H](CO)[C@@H](O)[C@H](O)[C@H]4N)[C@@H](N)C[C@@H](N)[C@@H]3O)O[C@@H]2CO)[C@H](N)[C@@H](O)[C@@H]1O. The van der Waals surface area contributed by atoms with E-state index in [1.54, 1.807) is 0 Å². The Morgan fingerprint density at radius 3 is 1.55 bits per heavy atom. The summed E-state index contributed by atoms with van der Waals surface area (Å²) in [6, 6.07) is -4.30. The molecule has 0 amide bonds. The van der Waals surface area contributed by atoms with Crippen molar-refractivity contribution in [1.29, 1.82) is 0 Å². The molecule has 42 heavy (non-hydrogen) atoms. The van der Waals surface area contributed by atoms with Crippen LogP contribution in [-0.4, -0.2) is 177 Å². The highest BCUT2D eigenvalue weighted by Gasteiger charge is 2.54. The Morgan fingerprint density at radius 2 is 1.00 bits per heavy atom. The highest BCUT2D eigenvalue weighted by molar-refractivity contribution is 5.02. The number of hydrogen-bond acceptors (Lipinski definition) is 19. The number of ether oxygens (including phenoxy) is 6. The second-order valence-corrected chi connectivity index (χ2v) is 11.2. The van der Waals surface area contributed by atoms with Crippen molar-refractivity contribution < 1.29 is 69.3 Å². The third kappa shape index (κ3) is 6.60. The number of aliphatic hydroxyl groups is 8. The van der Waals surface area contributed by atoms with Gasteiger partial charge in [-0.15, -0.1) is 0 Å². The summed E-state index contributed by atoms with van der Waals surface area (Å²) in [5.41, 5.74) is 29.9. The zero-order valence-electron chi connectivity index (χ0n) is 22.7. The van der Waals surface area contributed by atoms with Crippen LogP contribution in [-0.2, 0) is 28.4 Å². The highest BCUT2D eigenvalue weighted by atomic mass is 16.8. The Morgan fingerprint density at radius 1 is 0.524 bits per heavy atom. The lowest BCUT2D eigenvalue weighted by Crippen LogP contribution is -2.68. The fraction of sp³-hybridized carbons (Fsp3) is 1.00. The molecule has 1 saturated carbocycles. The maximum absolute atomic E-state index is 11.1. The monoisotopic (exact) mass is 615 g/mol. The summed E-state index contributed by atoms with van der Waals surface area (Å²) < 4.78 is 34.4. The third-order valence-electron chi connectivity index (χ3n) is 8.32. The lowest BCUT2D eigenvalue weighted by atomic mass is 9.84. The fourth-order valence-corrected chi connectivity index (χ4v) is 5.70. The van der Waals surface area contributed by atoms with Crippen LogP contribution in [0.15, 0.2) is 0 Å². The van der Waals surface area contributed by atoms with E-state index in [0.29, 0.717) is 0 Å². The van der Waals surface area contributed by atoms with Gasteiger partial charge in [0.2, 0.25) is 0 Å². The second kappa shape index (κ2) is 14.1. The largest absolute Gasteiger partial charge is 0.394 e. The zero-order chi connectivity index (χ0) is 31.0. The van der Waals surface area contributed by atoms with Gasteiger partial charge in [0.05, 0.1) is 31.4 Å². The van der Waals surface area contributed by atoms with Gasteiger partial charge in [-0.05, 0) is 6.42 Å². The zero-order valence-corrected chi connectivity index (χ0v) is 22.7. The molecule has 0 aromatic rings. The van der Waals surface area contributed by atoms with Crippen LogP contribution in [0.5, 0.6) is 0 Å². The van der Waals surface area contributed by atoms with Crippen LogP contribution in [0.1, 0.15) is 6.42 Å². The Hall–Kier alpha value is -0.760. The third-order valence-corrected chi connectivity index (χ3v) is 8.32. The first-order valence-electron chi connectivity index (χ1n) is 13.8. The minimum atomic E-state index is -1.62. The lowest BCUT2D eigenvalue weighted by molar-refractivity contribution is -0.310. The molecule has 0 radical (unpaired) electrons. The van der Waals surface area contributed by atoms with Crippen molar-refractivity contribution in [2.75, 3.05) is 19.8 Å². The van der Waals surface area contributed by atoms with Crippen molar-refractivity contribution in [3.63, 3.8) is 0 Å². The van der Waals surface area contributed by atoms with Gasteiger partial charge in [0, 0.05) is 18.6 Å². The molecule has 0 spiro atoms. The maximum Gasteiger partial charge on any atom is 0.187 e. The summed E-state index contributed by atoms with van der Waals surface area (Å²) in [6.07, 6.45) is -20.5. The van der Waals surface area contributed by atoms with Crippen molar-refractivity contribution in [1.82, 2.24) is 0 Å². The molecule has 4 fully saturated rings. The molecular formula is C23H45N5O14. The van der Waals surface area contributed by atoms with Crippen molar-refractivity contribution >= 4 is 0 Å². The number of nitrogens with two attached hydrogens (primary N) is 5. The summed E-state index contributed by atoms with van der Waals surface area (Å²) >= 11 is 0. The number of aliphatic hydroxyl groups excluding tert-OH is 8. The normalized spacial score (nSPS) is 53.8. The van der Waals surface area contributed by atoms with Crippen LogP contribution in [0, 0.1) is 0 Å². The van der Waals surface area contributed by atoms with E-state index in [0.717, 1.165) is 0 Å². The van der Waals surface area contributed by atoms with Crippen molar-refractivity contribution in [3.8, 4) is 0 Å². The van der Waals surface area contributed by atoms with Gasteiger partial charge in [-0.1, -0.05) is 0 Å². The molecule has 0 aromatic heterocycles. The predicted molar refractivity (Wildman–Crippen MR) is 136 cm³/mol. The van der Waals surface area contributed by atoms with Crippen LogP contribution >= 0.6 is 0 Å². The molecule has 1 aliphatic carbocycles. The molecule has 3 aliphatic heterocycles. The average Bonchev–Trinajstić information content (AvgIpc) is 3.27. The molecule has 3 saturated heterocycles. The van der Waals surface area contributed by atoms with E-state index in [1.165, 1.54) is 0 Å². The predicted octanol–water partition coefficient (Wildman–Crippen LogP) is -8.86. The van der Waals surface area contributed by atoms with Gasteiger partial charge in [0.1, 0.15) is 67.1 Å². The van der Waals surface area contributed by atoms with Gasteiger partial charge < -0.3 is 97.9 Å². The minimum absolute atomic E-state index is 0.0642. The number of hydrogen-bond donors (Lipinski definition) is 13. The smallest absolute Gasteiger partial charge is 0.187 e. The van der Waals surface area contributed by atoms with Crippen molar-refractivity contribution in [2.24, 2.45) is 28.7 Å². The topological polar surface area (TPSA) is 347 Å². The quantitative estimate of drug-likeness (QED) is 0.114. The number of rotatable bonds is 9. The summed E-state index contributed by atoms with van der Waals surface area (Å²) in [4.78, 5) is 0. The molecule has 19 heteroatoms. The highest BCUT2D eigenvalue weighted by Crippen LogP contribution is 2.34. The van der Waals surface area contributed by atoms with Crippen molar-refractivity contribution in [3.05, 3.63) is 0 Å². The van der Waals surface area contributed by atoms with E-state index in [9.17, 15) is 40.9 Å². The molecule has 4 aliphatic rings. The minimum Gasteiger partial charge on any atom is -0.394 e. The molecular weight excluding hydrogens is 570 g/mol. The van der Waals surface area contributed by atoms with E-state index >= 15 is 0 Å². The van der Waals surface area contributed by atoms with Crippen LogP contribution in [0.3, 0.4) is 0 Å². The van der Waals surface area contributed by atoms with Gasteiger partial charge in [-0.3, -0.25) is 0 Å². The second-order valence-electron chi connectivity index (χ2n) is 11.2. The van der Waals surface area contributed by atoms with Crippen LogP contribution in [0.25, 0.3) is 0 Å². The summed E-state index contributed by atoms with van der Waals surface area (Å²) in [5.74, 6) is 0. The first-order valence-corrected chi connectivity index (χ1v) is 13.8. The van der Waals surface area contributed by atoms with Gasteiger partial charge in [-0.2, -0.15) is 0 Å². The molecule has 19 nitrogen and oxygen atoms in total.